The first-order chi connectivity index (χ1) is 6.39. The molecule has 0 bridgehead atoms. The second-order valence-electron chi connectivity index (χ2n) is 6.00. The molecular weight excluding hydrogens is 176 g/mol. The van der Waals surface area contributed by atoms with E-state index in [2.05, 4.69) is 31.0 Å². The fourth-order valence-electron chi connectivity index (χ4n) is 2.37. The number of rotatable bonds is 3. The Morgan fingerprint density at radius 3 is 2.29 bits per heavy atom. The largest absolute Gasteiger partial charge is 0.390 e. The number of nitrogens with zero attached hydrogens (tertiary/aromatic N) is 1. The second kappa shape index (κ2) is 3.19. The zero-order chi connectivity index (χ0) is 10.4. The van der Waals surface area contributed by atoms with Crippen molar-refractivity contribution in [2.45, 2.75) is 50.8 Å². The van der Waals surface area contributed by atoms with Crippen LogP contribution in [0, 0.1) is 0 Å². The van der Waals surface area contributed by atoms with Crippen LogP contribution < -0.4 is 5.32 Å². The predicted octanol–water partition coefficient (Wildman–Crippen LogP) is 0.584. The van der Waals surface area contributed by atoms with Crippen molar-refractivity contribution in [3.8, 4) is 0 Å². The van der Waals surface area contributed by atoms with Gasteiger partial charge in [0.25, 0.3) is 0 Å². The number of hydrogen-bond donors (Lipinski definition) is 2. The lowest BCUT2D eigenvalue weighted by Gasteiger charge is -2.40. The zero-order valence-corrected chi connectivity index (χ0v) is 9.51. The number of nitrogens with one attached hydrogen (secondary N) is 1. The first-order valence-electron chi connectivity index (χ1n) is 5.58. The minimum absolute atomic E-state index is 0.0690. The highest BCUT2D eigenvalue weighted by Crippen LogP contribution is 2.38. The molecule has 1 aliphatic heterocycles. The van der Waals surface area contributed by atoms with Crippen molar-refractivity contribution >= 4 is 0 Å². The molecule has 0 radical (unpaired) electrons. The SMILES string of the molecule is CC(C)(C)NC1(CN2CC(O)C2)CC1. The van der Waals surface area contributed by atoms with Gasteiger partial charge in [-0.15, -0.1) is 0 Å². The normalized spacial score (nSPS) is 27.4. The van der Waals surface area contributed by atoms with Gasteiger partial charge in [0.2, 0.25) is 0 Å². The Morgan fingerprint density at radius 1 is 1.36 bits per heavy atom. The summed E-state index contributed by atoms with van der Waals surface area (Å²) in [5.41, 5.74) is 0.568. The van der Waals surface area contributed by atoms with Crippen molar-refractivity contribution in [3.63, 3.8) is 0 Å². The molecule has 1 saturated heterocycles. The highest BCUT2D eigenvalue weighted by atomic mass is 16.3. The van der Waals surface area contributed by atoms with Crippen LogP contribution in [0.1, 0.15) is 33.6 Å². The highest BCUT2D eigenvalue weighted by molar-refractivity contribution is 5.08. The van der Waals surface area contributed by atoms with Gasteiger partial charge in [0.1, 0.15) is 0 Å². The topological polar surface area (TPSA) is 35.5 Å². The first kappa shape index (κ1) is 10.4. The smallest absolute Gasteiger partial charge is 0.0793 e. The van der Waals surface area contributed by atoms with Crippen LogP contribution in [0.4, 0.5) is 0 Å². The monoisotopic (exact) mass is 198 g/mol. The van der Waals surface area contributed by atoms with Crippen LogP contribution in [-0.2, 0) is 0 Å². The molecular formula is C11H22N2O. The van der Waals surface area contributed by atoms with E-state index >= 15 is 0 Å². The van der Waals surface area contributed by atoms with E-state index in [-0.39, 0.29) is 11.6 Å². The van der Waals surface area contributed by atoms with Crippen LogP contribution in [0.5, 0.6) is 0 Å². The minimum Gasteiger partial charge on any atom is -0.390 e. The molecule has 0 spiro atoms. The molecule has 1 saturated carbocycles. The standard InChI is InChI=1S/C11H22N2O/c1-10(2,3)12-11(4-5-11)8-13-6-9(14)7-13/h9,12,14H,4-8H2,1-3H3. The van der Waals surface area contributed by atoms with E-state index in [0.717, 1.165) is 19.6 Å². The van der Waals surface area contributed by atoms with Gasteiger partial charge in [-0.05, 0) is 33.6 Å². The lowest BCUT2D eigenvalue weighted by atomic mass is 10.0. The van der Waals surface area contributed by atoms with Gasteiger partial charge in [0.05, 0.1) is 6.10 Å². The van der Waals surface area contributed by atoms with Crippen LogP contribution in [0.2, 0.25) is 0 Å². The molecule has 0 atom stereocenters. The van der Waals surface area contributed by atoms with E-state index in [1.165, 1.54) is 12.8 Å². The van der Waals surface area contributed by atoms with Crippen LogP contribution in [-0.4, -0.2) is 46.8 Å². The summed E-state index contributed by atoms with van der Waals surface area (Å²) >= 11 is 0. The third-order valence-electron chi connectivity index (χ3n) is 2.96. The molecule has 0 aromatic heterocycles. The van der Waals surface area contributed by atoms with Gasteiger partial charge in [-0.1, -0.05) is 0 Å². The second-order valence-corrected chi connectivity index (χ2v) is 6.00. The van der Waals surface area contributed by atoms with Gasteiger partial charge >= 0.3 is 0 Å². The fourth-order valence-corrected chi connectivity index (χ4v) is 2.37. The molecule has 3 nitrogen and oxygen atoms in total. The molecule has 82 valence electrons. The summed E-state index contributed by atoms with van der Waals surface area (Å²) in [5, 5.41) is 12.9. The molecule has 0 aromatic rings. The Hall–Kier alpha value is -0.120. The van der Waals surface area contributed by atoms with E-state index in [1.54, 1.807) is 0 Å². The van der Waals surface area contributed by atoms with Gasteiger partial charge in [0, 0.05) is 30.7 Å². The van der Waals surface area contributed by atoms with Crippen LogP contribution in [0.25, 0.3) is 0 Å². The molecule has 0 amide bonds. The van der Waals surface area contributed by atoms with Gasteiger partial charge in [-0.2, -0.15) is 0 Å². The number of hydrogen-bond acceptors (Lipinski definition) is 3. The van der Waals surface area contributed by atoms with Crippen LogP contribution >= 0.6 is 0 Å². The summed E-state index contributed by atoms with van der Waals surface area (Å²) < 4.78 is 0. The Balaban J connectivity index is 1.79. The molecule has 2 fully saturated rings. The summed E-state index contributed by atoms with van der Waals surface area (Å²) in [7, 11) is 0. The maximum Gasteiger partial charge on any atom is 0.0793 e. The molecule has 14 heavy (non-hydrogen) atoms. The Bertz CT molecular complexity index is 212. The molecule has 1 heterocycles. The first-order valence-corrected chi connectivity index (χ1v) is 5.58. The lowest BCUT2D eigenvalue weighted by molar-refractivity contribution is -0.00646. The maximum absolute atomic E-state index is 9.21. The highest BCUT2D eigenvalue weighted by Gasteiger charge is 2.47. The Labute approximate surface area is 86.5 Å². The molecule has 0 aromatic carbocycles. The van der Waals surface area contributed by atoms with Crippen molar-refractivity contribution < 1.29 is 5.11 Å². The molecule has 2 rings (SSSR count). The number of aliphatic hydroxyl groups excluding tert-OH is 1. The summed E-state index contributed by atoms with van der Waals surface area (Å²) in [6.07, 6.45) is 2.51. The Morgan fingerprint density at radius 2 is 1.93 bits per heavy atom. The predicted molar refractivity (Wildman–Crippen MR) is 57.3 cm³/mol. The van der Waals surface area contributed by atoms with E-state index < -0.39 is 0 Å². The summed E-state index contributed by atoms with van der Waals surface area (Å²) in [6, 6.07) is 0. The van der Waals surface area contributed by atoms with Crippen molar-refractivity contribution in [2.24, 2.45) is 0 Å². The molecule has 2 aliphatic rings. The van der Waals surface area contributed by atoms with Gasteiger partial charge in [0.15, 0.2) is 0 Å². The van der Waals surface area contributed by atoms with E-state index in [1.807, 2.05) is 0 Å². The van der Waals surface area contributed by atoms with Crippen molar-refractivity contribution in [2.75, 3.05) is 19.6 Å². The van der Waals surface area contributed by atoms with Crippen LogP contribution in [0.3, 0.4) is 0 Å². The van der Waals surface area contributed by atoms with Crippen LogP contribution in [0.15, 0.2) is 0 Å². The van der Waals surface area contributed by atoms with E-state index in [9.17, 15) is 5.11 Å². The van der Waals surface area contributed by atoms with Crippen molar-refractivity contribution in [1.82, 2.24) is 10.2 Å². The molecule has 1 aliphatic carbocycles. The zero-order valence-electron chi connectivity index (χ0n) is 9.51. The Kier molecular flexibility index (Phi) is 2.37. The van der Waals surface area contributed by atoms with Gasteiger partial charge in [-0.25, -0.2) is 0 Å². The maximum atomic E-state index is 9.21. The average Bonchev–Trinajstić information content (AvgIpc) is 2.62. The summed E-state index contributed by atoms with van der Waals surface area (Å²) in [5.74, 6) is 0. The number of β-amino-alcohol motifs (C(OH)–C–C–N with tert-alkyl or cyclic N) is 1. The van der Waals surface area contributed by atoms with Gasteiger partial charge < -0.3 is 10.4 Å². The van der Waals surface area contributed by atoms with Crippen molar-refractivity contribution in [3.05, 3.63) is 0 Å². The van der Waals surface area contributed by atoms with E-state index in [4.69, 9.17) is 0 Å². The third kappa shape index (κ3) is 2.47. The number of aliphatic hydroxyl groups is 1. The molecule has 0 unspecified atom stereocenters. The number of likely N-dealkylation sites (tertiary alicyclic amines) is 1. The summed E-state index contributed by atoms with van der Waals surface area (Å²) in [4.78, 5) is 2.34. The third-order valence-corrected chi connectivity index (χ3v) is 2.96. The molecule has 3 heteroatoms. The quantitative estimate of drug-likeness (QED) is 0.696. The molecule has 2 N–H and O–H groups in total. The minimum atomic E-state index is -0.0690. The van der Waals surface area contributed by atoms with Crippen molar-refractivity contribution in [1.29, 1.82) is 0 Å². The fraction of sp³-hybridized carbons (Fsp3) is 1.00. The van der Waals surface area contributed by atoms with Gasteiger partial charge in [-0.3, -0.25) is 4.90 Å². The summed E-state index contributed by atoms with van der Waals surface area (Å²) in [6.45, 7) is 9.51. The lowest BCUT2D eigenvalue weighted by Crippen LogP contribution is -2.58. The van der Waals surface area contributed by atoms with E-state index in [0.29, 0.717) is 5.54 Å². The average molecular weight is 198 g/mol.